The molecule has 0 bridgehead atoms. The fourth-order valence-corrected chi connectivity index (χ4v) is 3.89. The van der Waals surface area contributed by atoms with E-state index >= 15 is 0 Å². The number of hydrogen-bond acceptors (Lipinski definition) is 4. The lowest BCUT2D eigenvalue weighted by Gasteiger charge is -1.99. The van der Waals surface area contributed by atoms with Crippen molar-refractivity contribution in [3.05, 3.63) is 81.3 Å². The predicted molar refractivity (Wildman–Crippen MR) is 116 cm³/mol. The molecular weight excluding hydrogens is 422 g/mol. The van der Waals surface area contributed by atoms with E-state index in [4.69, 9.17) is 0 Å². The number of aliphatic imine (C=N–C) groups is 1. The molecule has 1 fully saturated rings. The number of carbonyl (C=O) groups excluding carboxylic acids is 1. The van der Waals surface area contributed by atoms with Crippen molar-refractivity contribution in [3.8, 4) is 0 Å². The molecule has 4 nitrogen and oxygen atoms in total. The second-order valence-electron chi connectivity index (χ2n) is 6.08. The lowest BCUT2D eigenvalue weighted by Crippen LogP contribution is -2.20. The molecule has 0 spiro atoms. The van der Waals surface area contributed by atoms with E-state index in [0.717, 1.165) is 27.4 Å². The number of amidine groups is 1. The lowest BCUT2D eigenvalue weighted by atomic mass is 10.1. The monoisotopic (exact) mass is 437 g/mol. The summed E-state index contributed by atoms with van der Waals surface area (Å²) in [6.07, 6.45) is 4.51. The molecular formula is C21H16BrN3OS. The third-order valence-corrected chi connectivity index (χ3v) is 5.62. The smallest absolute Gasteiger partial charge is 0.264 e. The number of halogens is 1. The summed E-state index contributed by atoms with van der Waals surface area (Å²) in [7, 11) is 0. The molecule has 3 aromatic rings. The number of thioether (sulfide) groups is 1. The Morgan fingerprint density at radius 1 is 1.15 bits per heavy atom. The summed E-state index contributed by atoms with van der Waals surface area (Å²) in [5.74, 6) is -0.103. The summed E-state index contributed by atoms with van der Waals surface area (Å²) in [4.78, 5) is 21.7. The van der Waals surface area contributed by atoms with E-state index in [1.54, 1.807) is 6.20 Å². The minimum absolute atomic E-state index is 0.103. The van der Waals surface area contributed by atoms with E-state index < -0.39 is 0 Å². The highest BCUT2D eigenvalue weighted by Crippen LogP contribution is 2.27. The Morgan fingerprint density at radius 2 is 2.00 bits per heavy atom. The first-order valence-electron chi connectivity index (χ1n) is 8.52. The molecule has 1 saturated heterocycles. The third-order valence-electron chi connectivity index (χ3n) is 4.14. The number of fused-ring (bicyclic) bond motifs is 1. The summed E-state index contributed by atoms with van der Waals surface area (Å²) < 4.78 is 1.07. The van der Waals surface area contributed by atoms with E-state index in [9.17, 15) is 4.79 Å². The largest absolute Gasteiger partial charge is 0.301 e. The number of nitrogens with one attached hydrogen (secondary N) is 1. The standard InChI is InChI=1S/C21H16BrN3OS/c22-17-6-3-14(4-7-17)9-11-24-21-25-20(26)19(27-21)13-15-5-8-18-16(12-15)2-1-10-23-18/h1-8,10,12-13H,9,11H2,(H,24,25,26)/b19-13-. The maximum Gasteiger partial charge on any atom is 0.264 e. The number of aromatic nitrogens is 1. The van der Waals surface area contributed by atoms with Crippen LogP contribution in [0.15, 0.2) is 75.2 Å². The lowest BCUT2D eigenvalue weighted by molar-refractivity contribution is -0.115. The second-order valence-corrected chi connectivity index (χ2v) is 8.03. The summed E-state index contributed by atoms with van der Waals surface area (Å²) >= 11 is 4.82. The van der Waals surface area contributed by atoms with Crippen molar-refractivity contribution >= 4 is 55.7 Å². The van der Waals surface area contributed by atoms with Gasteiger partial charge in [-0.2, -0.15) is 0 Å². The van der Waals surface area contributed by atoms with Crippen LogP contribution in [0.3, 0.4) is 0 Å². The number of rotatable bonds is 4. The summed E-state index contributed by atoms with van der Waals surface area (Å²) in [6.45, 7) is 0.638. The molecule has 134 valence electrons. The highest BCUT2D eigenvalue weighted by atomic mass is 79.9. The molecule has 1 aliphatic heterocycles. The molecule has 0 atom stereocenters. The maximum atomic E-state index is 12.2. The molecule has 1 amide bonds. The molecule has 0 saturated carbocycles. The van der Waals surface area contributed by atoms with Crippen molar-refractivity contribution in [2.24, 2.45) is 4.99 Å². The Bertz CT molecular complexity index is 1060. The maximum absolute atomic E-state index is 12.2. The zero-order valence-electron chi connectivity index (χ0n) is 14.4. The van der Waals surface area contributed by atoms with Gasteiger partial charge in [0.25, 0.3) is 5.91 Å². The van der Waals surface area contributed by atoms with Crippen LogP contribution >= 0.6 is 27.7 Å². The number of amides is 1. The molecule has 0 aliphatic carbocycles. The Kier molecular flexibility index (Phi) is 5.36. The van der Waals surface area contributed by atoms with Gasteiger partial charge in [-0.15, -0.1) is 0 Å². The molecule has 1 aliphatic rings. The summed E-state index contributed by atoms with van der Waals surface area (Å²) in [5, 5.41) is 4.56. The van der Waals surface area contributed by atoms with E-state index in [-0.39, 0.29) is 5.91 Å². The van der Waals surface area contributed by atoms with Crippen molar-refractivity contribution < 1.29 is 4.79 Å². The molecule has 4 rings (SSSR count). The average Bonchev–Trinajstić information content (AvgIpc) is 3.02. The SMILES string of the molecule is O=C1NC(=NCCc2ccc(Br)cc2)S/C1=C\c1ccc2ncccc2c1. The van der Waals surface area contributed by atoms with Crippen molar-refractivity contribution in [2.45, 2.75) is 6.42 Å². The number of benzene rings is 2. The van der Waals surface area contributed by atoms with Gasteiger partial charge >= 0.3 is 0 Å². The molecule has 1 aromatic heterocycles. The van der Waals surface area contributed by atoms with Gasteiger partial charge < -0.3 is 5.32 Å². The zero-order chi connectivity index (χ0) is 18.6. The Morgan fingerprint density at radius 3 is 2.85 bits per heavy atom. The minimum atomic E-state index is -0.103. The number of hydrogen-bond donors (Lipinski definition) is 1. The predicted octanol–water partition coefficient (Wildman–Crippen LogP) is 4.80. The first-order valence-corrected chi connectivity index (χ1v) is 10.1. The number of nitrogens with zero attached hydrogens (tertiary/aromatic N) is 2. The topological polar surface area (TPSA) is 54.4 Å². The van der Waals surface area contributed by atoms with E-state index in [2.05, 4.69) is 43.4 Å². The van der Waals surface area contributed by atoms with Crippen molar-refractivity contribution in [1.82, 2.24) is 10.3 Å². The highest BCUT2D eigenvalue weighted by Gasteiger charge is 2.23. The number of pyridine rings is 1. The van der Waals surface area contributed by atoms with Gasteiger partial charge in [0.1, 0.15) is 0 Å². The molecule has 2 aromatic carbocycles. The van der Waals surface area contributed by atoms with Gasteiger partial charge in [-0.05, 0) is 65.7 Å². The van der Waals surface area contributed by atoms with Gasteiger partial charge in [0.2, 0.25) is 0 Å². The van der Waals surface area contributed by atoms with Crippen LogP contribution in [0.25, 0.3) is 17.0 Å². The molecule has 6 heteroatoms. The van der Waals surface area contributed by atoms with Gasteiger partial charge in [-0.25, -0.2) is 0 Å². The zero-order valence-corrected chi connectivity index (χ0v) is 16.8. The highest BCUT2D eigenvalue weighted by molar-refractivity contribution is 9.10. The fourth-order valence-electron chi connectivity index (χ4n) is 2.77. The minimum Gasteiger partial charge on any atom is -0.301 e. The van der Waals surface area contributed by atoms with Gasteiger partial charge in [0.05, 0.1) is 10.4 Å². The first-order chi connectivity index (χ1) is 13.2. The average molecular weight is 438 g/mol. The van der Waals surface area contributed by atoms with Crippen LogP contribution in [0.2, 0.25) is 0 Å². The van der Waals surface area contributed by atoms with Crippen LogP contribution in [0.1, 0.15) is 11.1 Å². The van der Waals surface area contributed by atoms with Crippen LogP contribution in [0.5, 0.6) is 0 Å². The van der Waals surface area contributed by atoms with Gasteiger partial charge in [0, 0.05) is 22.6 Å². The van der Waals surface area contributed by atoms with Crippen molar-refractivity contribution in [1.29, 1.82) is 0 Å². The van der Waals surface area contributed by atoms with E-state index in [0.29, 0.717) is 16.6 Å². The van der Waals surface area contributed by atoms with Crippen LogP contribution in [-0.2, 0) is 11.2 Å². The van der Waals surface area contributed by atoms with Gasteiger partial charge in [0.15, 0.2) is 5.17 Å². The Hall–Kier alpha value is -2.44. The first kappa shape index (κ1) is 17.9. The normalized spacial score (nSPS) is 17.0. The second kappa shape index (κ2) is 8.06. The number of carbonyl (C=O) groups is 1. The van der Waals surface area contributed by atoms with Crippen LogP contribution in [-0.4, -0.2) is 22.6 Å². The molecule has 0 unspecified atom stereocenters. The van der Waals surface area contributed by atoms with E-state index in [1.807, 2.05) is 48.5 Å². The molecule has 1 N–H and O–H groups in total. The fraction of sp³-hybridized carbons (Fsp3) is 0.0952. The Labute approximate surface area is 169 Å². The van der Waals surface area contributed by atoms with Crippen LogP contribution in [0, 0.1) is 0 Å². The summed E-state index contributed by atoms with van der Waals surface area (Å²) in [6, 6.07) is 18.1. The van der Waals surface area contributed by atoms with Crippen molar-refractivity contribution in [2.75, 3.05) is 6.54 Å². The molecule has 2 heterocycles. The van der Waals surface area contributed by atoms with E-state index in [1.165, 1.54) is 17.3 Å². The molecule has 0 radical (unpaired) electrons. The third kappa shape index (κ3) is 4.46. The van der Waals surface area contributed by atoms with Crippen LogP contribution < -0.4 is 5.32 Å². The quantitative estimate of drug-likeness (QED) is 0.596. The Balaban J connectivity index is 1.44. The summed E-state index contributed by atoms with van der Waals surface area (Å²) in [5.41, 5.74) is 3.14. The van der Waals surface area contributed by atoms with Crippen LogP contribution in [0.4, 0.5) is 0 Å². The van der Waals surface area contributed by atoms with Gasteiger partial charge in [-0.3, -0.25) is 14.8 Å². The molecule has 27 heavy (non-hydrogen) atoms. The van der Waals surface area contributed by atoms with Crippen molar-refractivity contribution in [3.63, 3.8) is 0 Å². The van der Waals surface area contributed by atoms with Gasteiger partial charge in [-0.1, -0.05) is 40.2 Å².